The summed E-state index contributed by atoms with van der Waals surface area (Å²) in [5.41, 5.74) is 1.22. The molecule has 0 spiro atoms. The SMILES string of the molecule is CCNC(=O)CNC(=O)c1cc(C)nc(NC)c1. The Morgan fingerprint density at radius 3 is 2.61 bits per heavy atom. The zero-order valence-corrected chi connectivity index (χ0v) is 10.8. The van der Waals surface area contributed by atoms with Crippen molar-refractivity contribution < 1.29 is 9.59 Å². The first-order chi connectivity index (χ1) is 8.56. The highest BCUT2D eigenvalue weighted by Crippen LogP contribution is 2.09. The molecule has 0 bridgehead atoms. The molecule has 0 unspecified atom stereocenters. The number of rotatable bonds is 5. The van der Waals surface area contributed by atoms with Crippen molar-refractivity contribution in [3.63, 3.8) is 0 Å². The topological polar surface area (TPSA) is 83.1 Å². The molecule has 0 aliphatic heterocycles. The zero-order chi connectivity index (χ0) is 13.5. The van der Waals surface area contributed by atoms with E-state index in [4.69, 9.17) is 0 Å². The Hall–Kier alpha value is -2.11. The monoisotopic (exact) mass is 250 g/mol. The molecule has 18 heavy (non-hydrogen) atoms. The van der Waals surface area contributed by atoms with Crippen molar-refractivity contribution >= 4 is 17.6 Å². The average Bonchev–Trinajstić information content (AvgIpc) is 2.35. The largest absolute Gasteiger partial charge is 0.373 e. The zero-order valence-electron chi connectivity index (χ0n) is 10.8. The number of likely N-dealkylation sites (N-methyl/N-ethyl adjacent to an activating group) is 1. The van der Waals surface area contributed by atoms with Crippen molar-refractivity contribution in [2.24, 2.45) is 0 Å². The number of carbonyl (C=O) groups is 2. The molecule has 0 saturated heterocycles. The molecule has 2 amide bonds. The first-order valence-corrected chi connectivity index (χ1v) is 5.78. The van der Waals surface area contributed by atoms with Gasteiger partial charge < -0.3 is 16.0 Å². The van der Waals surface area contributed by atoms with E-state index in [1.807, 2.05) is 6.92 Å². The Balaban J connectivity index is 2.66. The lowest BCUT2D eigenvalue weighted by Gasteiger charge is -2.07. The predicted molar refractivity (Wildman–Crippen MR) is 69.5 cm³/mol. The molecule has 6 nitrogen and oxygen atoms in total. The molecule has 0 radical (unpaired) electrons. The van der Waals surface area contributed by atoms with Crippen LogP contribution in [0.4, 0.5) is 5.82 Å². The van der Waals surface area contributed by atoms with Crippen molar-refractivity contribution in [2.45, 2.75) is 13.8 Å². The highest BCUT2D eigenvalue weighted by molar-refractivity contribution is 5.97. The summed E-state index contributed by atoms with van der Waals surface area (Å²) in [6.45, 7) is 4.16. The molecule has 98 valence electrons. The van der Waals surface area contributed by atoms with Crippen LogP contribution < -0.4 is 16.0 Å². The van der Waals surface area contributed by atoms with Crippen LogP contribution in [-0.4, -0.2) is 36.9 Å². The van der Waals surface area contributed by atoms with Gasteiger partial charge in [0.2, 0.25) is 5.91 Å². The van der Waals surface area contributed by atoms with Crippen LogP contribution in [-0.2, 0) is 4.79 Å². The second-order valence-corrected chi connectivity index (χ2v) is 3.77. The van der Waals surface area contributed by atoms with E-state index in [1.54, 1.807) is 26.1 Å². The van der Waals surface area contributed by atoms with Gasteiger partial charge in [-0.2, -0.15) is 0 Å². The van der Waals surface area contributed by atoms with Crippen molar-refractivity contribution in [2.75, 3.05) is 25.5 Å². The number of hydrogen-bond acceptors (Lipinski definition) is 4. The molecule has 1 rings (SSSR count). The summed E-state index contributed by atoms with van der Waals surface area (Å²) in [7, 11) is 1.73. The second kappa shape index (κ2) is 6.58. The van der Waals surface area contributed by atoms with Gasteiger partial charge in [-0.3, -0.25) is 9.59 Å². The van der Waals surface area contributed by atoms with Gasteiger partial charge in [0.05, 0.1) is 6.54 Å². The third kappa shape index (κ3) is 4.04. The van der Waals surface area contributed by atoms with Crippen molar-refractivity contribution in [1.29, 1.82) is 0 Å². The summed E-state index contributed by atoms with van der Waals surface area (Å²) in [6.07, 6.45) is 0. The van der Waals surface area contributed by atoms with Crippen molar-refractivity contribution in [3.05, 3.63) is 23.4 Å². The molecular formula is C12H18N4O2. The van der Waals surface area contributed by atoms with Gasteiger partial charge in [0.25, 0.3) is 5.91 Å². The minimum absolute atomic E-state index is 0.0249. The maximum absolute atomic E-state index is 11.8. The highest BCUT2D eigenvalue weighted by Gasteiger charge is 2.09. The number of aryl methyl sites for hydroxylation is 1. The average molecular weight is 250 g/mol. The van der Waals surface area contributed by atoms with Gasteiger partial charge in [-0.15, -0.1) is 0 Å². The van der Waals surface area contributed by atoms with E-state index >= 15 is 0 Å². The van der Waals surface area contributed by atoms with Crippen LogP contribution in [0, 0.1) is 6.92 Å². The van der Waals surface area contributed by atoms with Crippen molar-refractivity contribution in [1.82, 2.24) is 15.6 Å². The van der Waals surface area contributed by atoms with E-state index < -0.39 is 0 Å². The standard InChI is InChI=1S/C12H18N4O2/c1-4-14-11(17)7-15-12(18)9-5-8(2)16-10(6-9)13-3/h5-6H,4,7H2,1-3H3,(H,13,16)(H,14,17)(H,15,18). The van der Waals surface area contributed by atoms with Gasteiger partial charge in [0, 0.05) is 24.8 Å². The third-order valence-electron chi connectivity index (χ3n) is 2.26. The lowest BCUT2D eigenvalue weighted by molar-refractivity contribution is -0.120. The number of aromatic nitrogens is 1. The molecule has 6 heteroatoms. The van der Waals surface area contributed by atoms with Gasteiger partial charge in [-0.05, 0) is 26.0 Å². The Morgan fingerprint density at radius 1 is 1.28 bits per heavy atom. The number of anilines is 1. The van der Waals surface area contributed by atoms with Crippen LogP contribution >= 0.6 is 0 Å². The predicted octanol–water partition coefficient (Wildman–Crippen LogP) is 0.298. The Labute approximate surface area is 106 Å². The first-order valence-electron chi connectivity index (χ1n) is 5.78. The first kappa shape index (κ1) is 14.0. The summed E-state index contributed by atoms with van der Waals surface area (Å²) < 4.78 is 0. The number of nitrogens with one attached hydrogen (secondary N) is 3. The molecule has 0 aliphatic carbocycles. The van der Waals surface area contributed by atoms with E-state index in [1.165, 1.54) is 0 Å². The van der Waals surface area contributed by atoms with E-state index in [2.05, 4.69) is 20.9 Å². The van der Waals surface area contributed by atoms with E-state index in [0.29, 0.717) is 17.9 Å². The minimum Gasteiger partial charge on any atom is -0.373 e. The smallest absolute Gasteiger partial charge is 0.251 e. The lowest BCUT2D eigenvalue weighted by Crippen LogP contribution is -2.36. The molecule has 1 heterocycles. The van der Waals surface area contributed by atoms with E-state index in [-0.39, 0.29) is 18.4 Å². The van der Waals surface area contributed by atoms with Crippen LogP contribution in [0.5, 0.6) is 0 Å². The summed E-state index contributed by atoms with van der Waals surface area (Å²) in [5, 5.41) is 8.04. The maximum atomic E-state index is 11.8. The van der Waals surface area contributed by atoms with Crippen molar-refractivity contribution in [3.8, 4) is 0 Å². The summed E-state index contributed by atoms with van der Waals surface area (Å²) in [4.78, 5) is 27.2. The van der Waals surface area contributed by atoms with Gasteiger partial charge in [-0.25, -0.2) is 4.98 Å². The van der Waals surface area contributed by atoms with Crippen LogP contribution in [0.25, 0.3) is 0 Å². The number of carbonyl (C=O) groups excluding carboxylic acids is 2. The quantitative estimate of drug-likeness (QED) is 0.701. The molecule has 3 N–H and O–H groups in total. The fourth-order valence-electron chi connectivity index (χ4n) is 1.45. The molecule has 1 aromatic rings. The Kier molecular flexibility index (Phi) is 5.10. The molecule has 0 fully saturated rings. The third-order valence-corrected chi connectivity index (χ3v) is 2.26. The fraction of sp³-hybridized carbons (Fsp3) is 0.417. The lowest BCUT2D eigenvalue weighted by atomic mass is 10.2. The summed E-state index contributed by atoms with van der Waals surface area (Å²) >= 11 is 0. The Bertz CT molecular complexity index is 446. The second-order valence-electron chi connectivity index (χ2n) is 3.77. The van der Waals surface area contributed by atoms with Crippen LogP contribution in [0.15, 0.2) is 12.1 Å². The molecule has 1 aromatic heterocycles. The van der Waals surface area contributed by atoms with Crippen LogP contribution in [0.2, 0.25) is 0 Å². The molecular weight excluding hydrogens is 232 g/mol. The summed E-state index contributed by atoms with van der Waals surface area (Å²) in [5.74, 6) is 0.131. The van der Waals surface area contributed by atoms with Gasteiger partial charge in [-0.1, -0.05) is 0 Å². The molecule has 0 atom stereocenters. The van der Waals surface area contributed by atoms with E-state index in [0.717, 1.165) is 5.69 Å². The van der Waals surface area contributed by atoms with Gasteiger partial charge in [0.15, 0.2) is 0 Å². The van der Waals surface area contributed by atoms with Gasteiger partial charge >= 0.3 is 0 Å². The molecule has 0 aromatic carbocycles. The minimum atomic E-state index is -0.289. The van der Waals surface area contributed by atoms with Crippen LogP contribution in [0.3, 0.4) is 0 Å². The number of pyridine rings is 1. The fourth-order valence-corrected chi connectivity index (χ4v) is 1.45. The van der Waals surface area contributed by atoms with E-state index in [9.17, 15) is 9.59 Å². The van der Waals surface area contributed by atoms with Crippen LogP contribution in [0.1, 0.15) is 23.0 Å². The molecule has 0 aliphatic rings. The normalized spacial score (nSPS) is 9.72. The number of hydrogen-bond donors (Lipinski definition) is 3. The maximum Gasteiger partial charge on any atom is 0.251 e. The summed E-state index contributed by atoms with van der Waals surface area (Å²) in [6, 6.07) is 3.31. The van der Waals surface area contributed by atoms with Gasteiger partial charge in [0.1, 0.15) is 5.82 Å². The number of nitrogens with zero attached hydrogens (tertiary/aromatic N) is 1. The molecule has 0 saturated carbocycles. The Morgan fingerprint density at radius 2 is 2.00 bits per heavy atom. The highest BCUT2D eigenvalue weighted by atomic mass is 16.2. The number of amides is 2.